The average molecular weight is 334 g/mol. The summed E-state index contributed by atoms with van der Waals surface area (Å²) in [6.45, 7) is 0.732. The van der Waals surface area contributed by atoms with Gasteiger partial charge in [-0.05, 0) is 43.2 Å². The minimum Gasteiger partial charge on any atom is -0.492 e. The molecule has 0 spiro atoms. The molecule has 3 nitrogen and oxygen atoms in total. The average Bonchev–Trinajstić information content (AvgIpc) is 2.56. The number of aromatic nitrogens is 1. The van der Waals surface area contributed by atoms with Crippen LogP contribution in [0.3, 0.4) is 0 Å². The molecule has 0 radical (unpaired) electrons. The van der Waals surface area contributed by atoms with E-state index in [-0.39, 0.29) is 5.78 Å². The third kappa shape index (κ3) is 3.62. The standard InChI is InChI=1S/C17H16ClNO2S/c18-13-3-2-8-19-14(13)4-1-5-15(20)12-6-7-16-17(11-12)22-10-9-21-16/h2-3,6-8,11H,1,4-5,9-10H2. The lowest BCUT2D eigenvalue weighted by atomic mass is 10.0. The highest BCUT2D eigenvalue weighted by Gasteiger charge is 2.14. The number of Topliss-reactive ketones (excluding diaryl/α,β-unsaturated/α-hetero) is 1. The molecule has 1 aromatic carbocycles. The summed E-state index contributed by atoms with van der Waals surface area (Å²) in [7, 11) is 0. The molecule has 0 amide bonds. The first-order valence-corrected chi connectivity index (χ1v) is 8.62. The van der Waals surface area contributed by atoms with E-state index in [9.17, 15) is 4.79 Å². The first-order valence-electron chi connectivity index (χ1n) is 7.26. The van der Waals surface area contributed by atoms with Crippen LogP contribution in [0, 0.1) is 0 Å². The Balaban J connectivity index is 1.59. The largest absolute Gasteiger partial charge is 0.492 e. The second kappa shape index (κ2) is 7.16. The molecule has 0 bridgehead atoms. The molecule has 1 aromatic heterocycles. The summed E-state index contributed by atoms with van der Waals surface area (Å²) in [6, 6.07) is 9.32. The molecular formula is C17H16ClNO2S. The third-order valence-corrected chi connectivity index (χ3v) is 4.86. The van der Waals surface area contributed by atoms with E-state index >= 15 is 0 Å². The number of rotatable bonds is 5. The molecule has 5 heteroatoms. The summed E-state index contributed by atoms with van der Waals surface area (Å²) < 4.78 is 5.56. The number of ether oxygens (including phenoxy) is 1. The van der Waals surface area contributed by atoms with Gasteiger partial charge in [0.05, 0.1) is 22.2 Å². The van der Waals surface area contributed by atoms with Crippen molar-refractivity contribution in [3.8, 4) is 5.75 Å². The highest BCUT2D eigenvalue weighted by Crippen LogP contribution is 2.34. The highest BCUT2D eigenvalue weighted by molar-refractivity contribution is 7.99. The van der Waals surface area contributed by atoms with E-state index in [1.54, 1.807) is 18.0 Å². The van der Waals surface area contributed by atoms with E-state index in [2.05, 4.69) is 4.98 Å². The number of nitrogens with zero attached hydrogens (tertiary/aromatic N) is 1. The van der Waals surface area contributed by atoms with E-state index in [0.717, 1.165) is 40.7 Å². The molecule has 0 saturated heterocycles. The predicted octanol–water partition coefficient (Wildman–Crippen LogP) is 4.43. The summed E-state index contributed by atoms with van der Waals surface area (Å²) in [5.74, 6) is 1.97. The lowest BCUT2D eigenvalue weighted by molar-refractivity contribution is 0.0980. The van der Waals surface area contributed by atoms with E-state index in [0.29, 0.717) is 17.9 Å². The van der Waals surface area contributed by atoms with Crippen LogP contribution in [0.1, 0.15) is 28.9 Å². The van der Waals surface area contributed by atoms with Gasteiger partial charge in [0, 0.05) is 23.9 Å². The molecule has 22 heavy (non-hydrogen) atoms. The zero-order valence-corrected chi connectivity index (χ0v) is 13.6. The molecule has 0 aliphatic carbocycles. The molecular weight excluding hydrogens is 318 g/mol. The molecule has 3 rings (SSSR count). The second-order valence-electron chi connectivity index (χ2n) is 5.07. The molecule has 1 aliphatic heterocycles. The van der Waals surface area contributed by atoms with Gasteiger partial charge in [-0.1, -0.05) is 11.6 Å². The molecule has 2 heterocycles. The number of aryl methyl sites for hydroxylation is 1. The quantitative estimate of drug-likeness (QED) is 0.759. The van der Waals surface area contributed by atoms with E-state index in [1.165, 1.54) is 0 Å². The Morgan fingerprint density at radius 1 is 1.36 bits per heavy atom. The lowest BCUT2D eigenvalue weighted by Gasteiger charge is -2.17. The number of ketones is 1. The lowest BCUT2D eigenvalue weighted by Crippen LogP contribution is -2.08. The van der Waals surface area contributed by atoms with Crippen molar-refractivity contribution in [3.63, 3.8) is 0 Å². The Hall–Kier alpha value is -1.52. The topological polar surface area (TPSA) is 39.2 Å². The number of benzene rings is 1. The van der Waals surface area contributed by atoms with Gasteiger partial charge in [-0.25, -0.2) is 0 Å². The van der Waals surface area contributed by atoms with Gasteiger partial charge in [0.25, 0.3) is 0 Å². The van der Waals surface area contributed by atoms with Gasteiger partial charge in [-0.3, -0.25) is 9.78 Å². The summed E-state index contributed by atoms with van der Waals surface area (Å²) in [6.07, 6.45) is 3.69. The number of carbonyl (C=O) groups excluding carboxylic acids is 1. The number of thioether (sulfide) groups is 1. The van der Waals surface area contributed by atoms with Crippen LogP contribution in [0.4, 0.5) is 0 Å². The first-order chi connectivity index (χ1) is 10.7. The maximum absolute atomic E-state index is 12.3. The van der Waals surface area contributed by atoms with Crippen molar-refractivity contribution in [1.82, 2.24) is 4.98 Å². The van der Waals surface area contributed by atoms with Crippen LogP contribution in [0.2, 0.25) is 5.02 Å². The fourth-order valence-corrected chi connectivity index (χ4v) is 3.46. The number of carbonyl (C=O) groups is 1. The van der Waals surface area contributed by atoms with Gasteiger partial charge >= 0.3 is 0 Å². The van der Waals surface area contributed by atoms with Crippen LogP contribution in [-0.2, 0) is 6.42 Å². The number of hydrogen-bond acceptors (Lipinski definition) is 4. The van der Waals surface area contributed by atoms with Crippen molar-refractivity contribution in [1.29, 1.82) is 0 Å². The molecule has 2 aromatic rings. The van der Waals surface area contributed by atoms with Crippen molar-refractivity contribution < 1.29 is 9.53 Å². The first kappa shape index (κ1) is 15.4. The summed E-state index contributed by atoms with van der Waals surface area (Å²) in [5, 5.41) is 0.664. The van der Waals surface area contributed by atoms with E-state index in [1.807, 2.05) is 30.3 Å². The molecule has 0 saturated carbocycles. The molecule has 0 fully saturated rings. The van der Waals surface area contributed by atoms with Crippen molar-refractivity contribution in [2.24, 2.45) is 0 Å². The minimum absolute atomic E-state index is 0.154. The van der Waals surface area contributed by atoms with Crippen LogP contribution in [0.5, 0.6) is 5.75 Å². The number of fused-ring (bicyclic) bond motifs is 1. The van der Waals surface area contributed by atoms with Gasteiger partial charge < -0.3 is 4.74 Å². The number of hydrogen-bond donors (Lipinski definition) is 0. The number of pyridine rings is 1. The fourth-order valence-electron chi connectivity index (χ4n) is 2.38. The Labute approximate surface area is 139 Å². The molecule has 114 valence electrons. The summed E-state index contributed by atoms with van der Waals surface area (Å²) >= 11 is 7.81. The Kier molecular flexibility index (Phi) is 5.01. The monoisotopic (exact) mass is 333 g/mol. The summed E-state index contributed by atoms with van der Waals surface area (Å²) in [5.41, 5.74) is 1.61. The maximum atomic E-state index is 12.3. The molecule has 0 unspecified atom stereocenters. The van der Waals surface area contributed by atoms with Crippen molar-refractivity contribution in [2.75, 3.05) is 12.4 Å². The Morgan fingerprint density at radius 3 is 3.14 bits per heavy atom. The third-order valence-electron chi connectivity index (χ3n) is 3.52. The van der Waals surface area contributed by atoms with Crippen molar-refractivity contribution in [3.05, 3.63) is 52.8 Å². The van der Waals surface area contributed by atoms with Crippen LogP contribution >= 0.6 is 23.4 Å². The van der Waals surface area contributed by atoms with Gasteiger partial charge in [0.1, 0.15) is 5.75 Å². The zero-order valence-electron chi connectivity index (χ0n) is 12.0. The number of halogens is 1. The fraction of sp³-hybridized carbons (Fsp3) is 0.294. The van der Waals surface area contributed by atoms with Gasteiger partial charge in [-0.15, -0.1) is 11.8 Å². The smallest absolute Gasteiger partial charge is 0.162 e. The SMILES string of the molecule is O=C(CCCc1ncccc1Cl)c1ccc2c(c1)SCCO2. The molecule has 1 aliphatic rings. The zero-order chi connectivity index (χ0) is 15.4. The van der Waals surface area contributed by atoms with Gasteiger partial charge in [0.2, 0.25) is 0 Å². The molecule has 0 N–H and O–H groups in total. The predicted molar refractivity (Wildman–Crippen MR) is 89.2 cm³/mol. The normalized spacial score (nSPS) is 13.3. The Bertz CT molecular complexity index is 690. The van der Waals surface area contributed by atoms with Crippen LogP contribution in [-0.4, -0.2) is 23.1 Å². The van der Waals surface area contributed by atoms with E-state index < -0.39 is 0 Å². The Morgan fingerprint density at radius 2 is 2.27 bits per heavy atom. The second-order valence-corrected chi connectivity index (χ2v) is 6.61. The van der Waals surface area contributed by atoms with Crippen molar-refractivity contribution >= 4 is 29.1 Å². The summed E-state index contributed by atoms with van der Waals surface area (Å²) in [4.78, 5) is 17.6. The van der Waals surface area contributed by atoms with Crippen molar-refractivity contribution in [2.45, 2.75) is 24.2 Å². The van der Waals surface area contributed by atoms with Crippen LogP contribution in [0.25, 0.3) is 0 Å². The minimum atomic E-state index is 0.154. The molecule has 0 atom stereocenters. The van der Waals surface area contributed by atoms with Crippen LogP contribution < -0.4 is 4.74 Å². The van der Waals surface area contributed by atoms with Crippen LogP contribution in [0.15, 0.2) is 41.4 Å². The van der Waals surface area contributed by atoms with E-state index in [4.69, 9.17) is 16.3 Å². The van der Waals surface area contributed by atoms with Gasteiger partial charge in [-0.2, -0.15) is 0 Å². The van der Waals surface area contributed by atoms with Gasteiger partial charge in [0.15, 0.2) is 5.78 Å². The highest BCUT2D eigenvalue weighted by atomic mass is 35.5. The maximum Gasteiger partial charge on any atom is 0.162 e.